The molecule has 3 N–H and O–H groups in total. The molecule has 0 spiro atoms. The average Bonchev–Trinajstić information content (AvgIpc) is 2.61. The lowest BCUT2D eigenvalue weighted by Crippen LogP contribution is -2.35. The first-order valence-electron chi connectivity index (χ1n) is 6.17. The van der Waals surface area contributed by atoms with Crippen LogP contribution in [-0.2, 0) is 0 Å². The Balaban J connectivity index is 2.04. The van der Waals surface area contributed by atoms with Gasteiger partial charge in [-0.25, -0.2) is 0 Å². The van der Waals surface area contributed by atoms with Gasteiger partial charge < -0.3 is 15.7 Å². The van der Waals surface area contributed by atoms with Crippen LogP contribution in [0.15, 0.2) is 18.2 Å². The molecule has 0 aromatic heterocycles. The van der Waals surface area contributed by atoms with Crippen LogP contribution in [0.4, 0.5) is 0 Å². The zero-order valence-corrected chi connectivity index (χ0v) is 12.2. The fraction of sp³-hybridized carbons (Fsp3) is 0.462. The van der Waals surface area contributed by atoms with Gasteiger partial charge in [-0.15, -0.1) is 0 Å². The summed E-state index contributed by atoms with van der Waals surface area (Å²) in [5.74, 6) is -0.141. The molecule has 1 aromatic carbocycles. The summed E-state index contributed by atoms with van der Waals surface area (Å²) >= 11 is 2.13. The molecule has 4 nitrogen and oxygen atoms in total. The summed E-state index contributed by atoms with van der Waals surface area (Å²) < 4.78 is 0.943. The van der Waals surface area contributed by atoms with Gasteiger partial charge in [0.25, 0.3) is 5.91 Å². The van der Waals surface area contributed by atoms with Crippen LogP contribution >= 0.6 is 22.6 Å². The summed E-state index contributed by atoms with van der Waals surface area (Å²) in [5, 5.41) is 16.0. The summed E-state index contributed by atoms with van der Waals surface area (Å²) in [4.78, 5) is 12.1. The number of hydrogen-bond donors (Lipinski definition) is 3. The summed E-state index contributed by atoms with van der Waals surface area (Å²) in [6, 6.07) is 5.25. The van der Waals surface area contributed by atoms with E-state index < -0.39 is 0 Å². The van der Waals surface area contributed by atoms with Crippen LogP contribution in [0.25, 0.3) is 0 Å². The van der Waals surface area contributed by atoms with Gasteiger partial charge in [0.15, 0.2) is 0 Å². The van der Waals surface area contributed by atoms with Crippen molar-refractivity contribution in [1.82, 2.24) is 10.6 Å². The number of hydrogen-bond acceptors (Lipinski definition) is 3. The average molecular weight is 360 g/mol. The van der Waals surface area contributed by atoms with Crippen LogP contribution in [0.1, 0.15) is 29.6 Å². The number of amides is 1. The Kier molecular flexibility index (Phi) is 4.82. The standard InChI is InChI=1S/C13H17IN2O2/c14-9-3-4-12(17)11(8-9)13(18)16-10-2-1-6-15-7-5-10/h3-4,8,10,15,17H,1-2,5-7H2,(H,16,18). The van der Waals surface area contributed by atoms with E-state index in [9.17, 15) is 9.90 Å². The highest BCUT2D eigenvalue weighted by Gasteiger charge is 2.17. The van der Waals surface area contributed by atoms with Gasteiger partial charge in [-0.2, -0.15) is 0 Å². The number of halogens is 1. The normalized spacial score (nSPS) is 20.2. The highest BCUT2D eigenvalue weighted by molar-refractivity contribution is 14.1. The van der Waals surface area contributed by atoms with Gasteiger partial charge in [-0.1, -0.05) is 0 Å². The highest BCUT2D eigenvalue weighted by atomic mass is 127. The molecule has 0 saturated carbocycles. The predicted molar refractivity (Wildman–Crippen MR) is 78.8 cm³/mol. The minimum Gasteiger partial charge on any atom is -0.507 e. The van der Waals surface area contributed by atoms with E-state index in [1.165, 1.54) is 0 Å². The number of carbonyl (C=O) groups is 1. The SMILES string of the molecule is O=C(NC1CCCNCC1)c1cc(I)ccc1O. The first kappa shape index (κ1) is 13.6. The van der Waals surface area contributed by atoms with E-state index >= 15 is 0 Å². The van der Waals surface area contributed by atoms with E-state index in [0.717, 1.165) is 35.9 Å². The van der Waals surface area contributed by atoms with Gasteiger partial charge in [-0.3, -0.25) is 4.79 Å². The van der Waals surface area contributed by atoms with Crippen LogP contribution in [0.2, 0.25) is 0 Å². The maximum Gasteiger partial charge on any atom is 0.255 e. The van der Waals surface area contributed by atoms with Crippen molar-refractivity contribution in [2.24, 2.45) is 0 Å². The number of phenolic OH excluding ortho intramolecular Hbond substituents is 1. The quantitative estimate of drug-likeness (QED) is 0.706. The lowest BCUT2D eigenvalue weighted by atomic mass is 10.1. The molecule has 1 fully saturated rings. The van der Waals surface area contributed by atoms with Crippen molar-refractivity contribution in [3.63, 3.8) is 0 Å². The predicted octanol–water partition coefficient (Wildman–Crippen LogP) is 1.87. The highest BCUT2D eigenvalue weighted by Crippen LogP contribution is 2.20. The molecule has 2 rings (SSSR count). The third-order valence-corrected chi connectivity index (χ3v) is 3.79. The minimum absolute atomic E-state index is 0.0414. The Morgan fingerprint density at radius 1 is 1.39 bits per heavy atom. The Morgan fingerprint density at radius 2 is 2.22 bits per heavy atom. The van der Waals surface area contributed by atoms with Crippen molar-refractivity contribution in [2.75, 3.05) is 13.1 Å². The zero-order valence-electron chi connectivity index (χ0n) is 10.1. The molecule has 18 heavy (non-hydrogen) atoms. The number of nitrogens with one attached hydrogen (secondary N) is 2. The summed E-state index contributed by atoms with van der Waals surface area (Å²) in [5.41, 5.74) is 0.360. The molecule has 1 amide bonds. The monoisotopic (exact) mass is 360 g/mol. The Morgan fingerprint density at radius 3 is 3.06 bits per heavy atom. The van der Waals surface area contributed by atoms with E-state index in [4.69, 9.17) is 0 Å². The third-order valence-electron chi connectivity index (χ3n) is 3.11. The maximum absolute atomic E-state index is 12.1. The molecule has 5 heteroatoms. The van der Waals surface area contributed by atoms with Crippen molar-refractivity contribution < 1.29 is 9.90 Å². The topological polar surface area (TPSA) is 61.4 Å². The number of aromatic hydroxyl groups is 1. The molecule has 0 radical (unpaired) electrons. The van der Waals surface area contributed by atoms with Crippen LogP contribution in [0.5, 0.6) is 5.75 Å². The molecule has 1 aliphatic heterocycles. The van der Waals surface area contributed by atoms with Gasteiger partial charge in [0.1, 0.15) is 5.75 Å². The second-order valence-electron chi connectivity index (χ2n) is 4.51. The zero-order chi connectivity index (χ0) is 13.0. The molecule has 0 aliphatic carbocycles. The van der Waals surface area contributed by atoms with Crippen LogP contribution in [0.3, 0.4) is 0 Å². The third kappa shape index (κ3) is 3.58. The summed E-state index contributed by atoms with van der Waals surface area (Å²) in [6.45, 7) is 1.95. The number of benzene rings is 1. The number of phenols is 1. The largest absolute Gasteiger partial charge is 0.507 e. The molecule has 1 aliphatic rings. The molecule has 1 saturated heterocycles. The van der Waals surface area contributed by atoms with Crippen molar-refractivity contribution in [3.05, 3.63) is 27.3 Å². The smallest absolute Gasteiger partial charge is 0.255 e. The lowest BCUT2D eigenvalue weighted by molar-refractivity contribution is 0.0931. The Hall–Kier alpha value is -0.820. The summed E-state index contributed by atoms with van der Waals surface area (Å²) in [6.07, 6.45) is 3.00. The van der Waals surface area contributed by atoms with Crippen LogP contribution in [0, 0.1) is 3.57 Å². The molecule has 98 valence electrons. The number of carbonyl (C=O) groups excluding carboxylic acids is 1. The minimum atomic E-state index is -0.182. The Labute approximate surface area is 120 Å². The van der Waals surface area contributed by atoms with Gasteiger partial charge in [0.05, 0.1) is 5.56 Å². The molecule has 0 bridgehead atoms. The van der Waals surface area contributed by atoms with Crippen LogP contribution < -0.4 is 10.6 Å². The lowest BCUT2D eigenvalue weighted by Gasteiger charge is -2.16. The molecular weight excluding hydrogens is 343 g/mol. The van der Waals surface area contributed by atoms with E-state index in [0.29, 0.717) is 5.56 Å². The van der Waals surface area contributed by atoms with Crippen molar-refractivity contribution in [2.45, 2.75) is 25.3 Å². The van der Waals surface area contributed by atoms with Crippen LogP contribution in [-0.4, -0.2) is 30.1 Å². The molecule has 1 atom stereocenters. The second-order valence-corrected chi connectivity index (χ2v) is 5.76. The van der Waals surface area contributed by atoms with E-state index in [1.807, 2.05) is 0 Å². The molecule has 1 unspecified atom stereocenters. The number of rotatable bonds is 2. The molecule has 1 heterocycles. The van der Waals surface area contributed by atoms with Gasteiger partial charge in [-0.05, 0) is 73.1 Å². The first-order chi connectivity index (χ1) is 8.66. The molecule has 1 aromatic rings. The second kappa shape index (κ2) is 6.38. The fourth-order valence-corrected chi connectivity index (χ4v) is 2.61. The van der Waals surface area contributed by atoms with Gasteiger partial charge in [0.2, 0.25) is 0 Å². The molecular formula is C13H17IN2O2. The van der Waals surface area contributed by atoms with Crippen molar-refractivity contribution in [3.8, 4) is 5.75 Å². The van der Waals surface area contributed by atoms with E-state index in [2.05, 4.69) is 33.2 Å². The first-order valence-corrected chi connectivity index (χ1v) is 7.25. The van der Waals surface area contributed by atoms with Crippen molar-refractivity contribution >= 4 is 28.5 Å². The van der Waals surface area contributed by atoms with Gasteiger partial charge in [0, 0.05) is 9.61 Å². The van der Waals surface area contributed by atoms with E-state index in [-0.39, 0.29) is 17.7 Å². The Bertz CT molecular complexity index is 429. The van der Waals surface area contributed by atoms with E-state index in [1.54, 1.807) is 18.2 Å². The summed E-state index contributed by atoms with van der Waals surface area (Å²) in [7, 11) is 0. The van der Waals surface area contributed by atoms with Gasteiger partial charge >= 0.3 is 0 Å². The maximum atomic E-state index is 12.1. The fourth-order valence-electron chi connectivity index (χ4n) is 2.12. The van der Waals surface area contributed by atoms with Crippen molar-refractivity contribution in [1.29, 1.82) is 0 Å².